The monoisotopic (exact) mass is 220 g/mol. The van der Waals surface area contributed by atoms with Crippen molar-refractivity contribution in [1.29, 1.82) is 0 Å². The van der Waals surface area contributed by atoms with Crippen molar-refractivity contribution < 1.29 is 31.9 Å². The minimum Gasteiger partial charge on any atom is -0.481 e. The molecule has 7 heteroatoms. The average Bonchev–Trinajstić information content (AvgIpc) is 2.00. The first-order valence-corrected chi connectivity index (χ1v) is 3.68. The number of hydrogen-bond donors (Lipinski definition) is 1. The summed E-state index contributed by atoms with van der Waals surface area (Å²) in [5.41, 5.74) is -3.12. The highest BCUT2D eigenvalue weighted by Gasteiger charge is 2.70. The zero-order chi connectivity index (χ0) is 11.8. The van der Waals surface area contributed by atoms with Gasteiger partial charge in [-0.05, 0) is 13.3 Å². The molecule has 14 heavy (non-hydrogen) atoms. The Bertz CT molecular complexity index is 235. The van der Waals surface area contributed by atoms with Gasteiger partial charge in [0.25, 0.3) is 0 Å². The highest BCUT2D eigenvalue weighted by molar-refractivity contribution is 5.75. The van der Waals surface area contributed by atoms with Crippen LogP contribution in [0.2, 0.25) is 0 Å². The van der Waals surface area contributed by atoms with Crippen molar-refractivity contribution in [3.63, 3.8) is 0 Å². The van der Waals surface area contributed by atoms with Gasteiger partial charge in [-0.2, -0.15) is 22.0 Å². The molecule has 0 saturated carbocycles. The maximum absolute atomic E-state index is 12.7. The van der Waals surface area contributed by atoms with E-state index >= 15 is 0 Å². The van der Waals surface area contributed by atoms with E-state index in [1.807, 2.05) is 0 Å². The van der Waals surface area contributed by atoms with Gasteiger partial charge in [-0.15, -0.1) is 0 Å². The molecular formula is C7H9F5O2. The number of alkyl halides is 5. The number of rotatable bonds is 3. The minimum atomic E-state index is -5.85. The molecule has 0 rings (SSSR count). The first-order valence-electron chi connectivity index (χ1n) is 3.68. The van der Waals surface area contributed by atoms with E-state index in [0.29, 0.717) is 6.92 Å². The van der Waals surface area contributed by atoms with Crippen molar-refractivity contribution in [3.05, 3.63) is 0 Å². The SMILES string of the molecule is CCC(C)(C(=O)O)C(F)(F)C(F)(F)F. The zero-order valence-electron chi connectivity index (χ0n) is 7.45. The summed E-state index contributed by atoms with van der Waals surface area (Å²) in [7, 11) is 0. The smallest absolute Gasteiger partial charge is 0.454 e. The van der Waals surface area contributed by atoms with E-state index in [4.69, 9.17) is 5.11 Å². The van der Waals surface area contributed by atoms with Gasteiger partial charge in [0.15, 0.2) is 0 Å². The fourth-order valence-corrected chi connectivity index (χ4v) is 0.820. The summed E-state index contributed by atoms with van der Waals surface area (Å²) < 4.78 is 61.0. The molecule has 0 spiro atoms. The van der Waals surface area contributed by atoms with Crippen molar-refractivity contribution in [2.24, 2.45) is 5.41 Å². The normalized spacial score (nSPS) is 17.6. The standard InChI is InChI=1S/C7H9F5O2/c1-3-5(2,4(13)14)6(8,9)7(10,11)12/h3H2,1-2H3,(H,13,14). The van der Waals surface area contributed by atoms with Crippen LogP contribution in [0.5, 0.6) is 0 Å². The van der Waals surface area contributed by atoms with Gasteiger partial charge in [0.05, 0.1) is 0 Å². The second kappa shape index (κ2) is 3.36. The first-order chi connectivity index (χ1) is 6.00. The van der Waals surface area contributed by atoms with Gasteiger partial charge in [-0.3, -0.25) is 4.79 Å². The molecule has 0 amide bonds. The maximum atomic E-state index is 12.7. The van der Waals surface area contributed by atoms with Gasteiger partial charge < -0.3 is 5.11 Å². The number of hydrogen-bond acceptors (Lipinski definition) is 1. The van der Waals surface area contributed by atoms with E-state index in [2.05, 4.69) is 0 Å². The van der Waals surface area contributed by atoms with Crippen molar-refractivity contribution in [2.45, 2.75) is 32.4 Å². The summed E-state index contributed by atoms with van der Waals surface area (Å²) in [5.74, 6) is -7.40. The van der Waals surface area contributed by atoms with Crippen LogP contribution in [0.4, 0.5) is 22.0 Å². The van der Waals surface area contributed by atoms with Crippen LogP contribution in [0.15, 0.2) is 0 Å². The second-order valence-electron chi connectivity index (χ2n) is 3.06. The number of halogens is 5. The topological polar surface area (TPSA) is 37.3 Å². The molecule has 1 atom stereocenters. The highest BCUT2D eigenvalue weighted by atomic mass is 19.4. The third kappa shape index (κ3) is 1.67. The fraction of sp³-hybridized carbons (Fsp3) is 0.857. The molecule has 0 aliphatic carbocycles. The molecular weight excluding hydrogens is 211 g/mol. The summed E-state index contributed by atoms with van der Waals surface area (Å²) in [6, 6.07) is 0. The lowest BCUT2D eigenvalue weighted by Crippen LogP contribution is -2.54. The molecule has 0 bridgehead atoms. The second-order valence-corrected chi connectivity index (χ2v) is 3.06. The van der Waals surface area contributed by atoms with Crippen LogP contribution in [0.1, 0.15) is 20.3 Å². The van der Waals surface area contributed by atoms with E-state index in [0.717, 1.165) is 6.92 Å². The Morgan fingerprint density at radius 1 is 1.21 bits per heavy atom. The highest BCUT2D eigenvalue weighted by Crippen LogP contribution is 2.49. The number of carboxylic acids is 1. The third-order valence-corrected chi connectivity index (χ3v) is 2.23. The predicted molar refractivity (Wildman–Crippen MR) is 37.0 cm³/mol. The van der Waals surface area contributed by atoms with Crippen molar-refractivity contribution >= 4 is 5.97 Å². The zero-order valence-corrected chi connectivity index (χ0v) is 7.45. The molecule has 0 radical (unpaired) electrons. The molecule has 0 aromatic heterocycles. The van der Waals surface area contributed by atoms with Crippen molar-refractivity contribution in [1.82, 2.24) is 0 Å². The van der Waals surface area contributed by atoms with Crippen LogP contribution in [-0.4, -0.2) is 23.2 Å². The molecule has 0 aromatic rings. The Morgan fingerprint density at radius 2 is 1.57 bits per heavy atom. The molecule has 84 valence electrons. The van der Waals surface area contributed by atoms with E-state index in [1.165, 1.54) is 0 Å². The van der Waals surface area contributed by atoms with Crippen LogP contribution >= 0.6 is 0 Å². The molecule has 0 fully saturated rings. The van der Waals surface area contributed by atoms with E-state index < -0.39 is 29.9 Å². The van der Waals surface area contributed by atoms with Gasteiger partial charge in [0.2, 0.25) is 0 Å². The van der Waals surface area contributed by atoms with Crippen molar-refractivity contribution in [3.8, 4) is 0 Å². The molecule has 1 unspecified atom stereocenters. The lowest BCUT2D eigenvalue weighted by atomic mass is 9.80. The Kier molecular flexibility index (Phi) is 3.15. The van der Waals surface area contributed by atoms with E-state index in [9.17, 15) is 26.7 Å². The summed E-state index contributed by atoms with van der Waals surface area (Å²) in [6.07, 6.45) is -6.66. The number of carbonyl (C=O) groups is 1. The molecule has 0 aliphatic heterocycles. The lowest BCUT2D eigenvalue weighted by Gasteiger charge is -2.33. The summed E-state index contributed by atoms with van der Waals surface area (Å²) >= 11 is 0. The maximum Gasteiger partial charge on any atom is 0.454 e. The Balaban J connectivity index is 5.34. The van der Waals surface area contributed by atoms with Gasteiger partial charge in [-0.25, -0.2) is 0 Å². The van der Waals surface area contributed by atoms with E-state index in [1.54, 1.807) is 0 Å². The quantitative estimate of drug-likeness (QED) is 0.742. The summed E-state index contributed by atoms with van der Waals surface area (Å²) in [4.78, 5) is 10.4. The van der Waals surface area contributed by atoms with Crippen LogP contribution in [0.25, 0.3) is 0 Å². The van der Waals surface area contributed by atoms with Gasteiger partial charge in [-0.1, -0.05) is 6.92 Å². The largest absolute Gasteiger partial charge is 0.481 e. The Morgan fingerprint density at radius 3 is 1.64 bits per heavy atom. The molecule has 1 N–H and O–H groups in total. The average molecular weight is 220 g/mol. The predicted octanol–water partition coefficient (Wildman–Crippen LogP) is 2.68. The van der Waals surface area contributed by atoms with Crippen LogP contribution in [0, 0.1) is 5.41 Å². The molecule has 0 aromatic carbocycles. The minimum absolute atomic E-state index is 0.378. The lowest BCUT2D eigenvalue weighted by molar-refractivity contribution is -0.320. The van der Waals surface area contributed by atoms with Gasteiger partial charge in [0, 0.05) is 0 Å². The van der Waals surface area contributed by atoms with Crippen LogP contribution in [0.3, 0.4) is 0 Å². The summed E-state index contributed by atoms with van der Waals surface area (Å²) in [5, 5.41) is 8.35. The number of carboxylic acid groups (broad SMARTS) is 1. The molecule has 0 aliphatic rings. The third-order valence-electron chi connectivity index (χ3n) is 2.23. The number of aliphatic carboxylic acids is 1. The molecule has 0 saturated heterocycles. The Labute approximate surface area is 76.7 Å². The summed E-state index contributed by atoms with van der Waals surface area (Å²) in [6.45, 7) is 1.34. The van der Waals surface area contributed by atoms with Gasteiger partial charge >= 0.3 is 18.1 Å². The molecule has 2 nitrogen and oxygen atoms in total. The molecule has 0 heterocycles. The van der Waals surface area contributed by atoms with Gasteiger partial charge in [0.1, 0.15) is 5.41 Å². The Hall–Kier alpha value is -0.880. The van der Waals surface area contributed by atoms with E-state index in [-0.39, 0.29) is 0 Å². The fourth-order valence-electron chi connectivity index (χ4n) is 0.820. The van der Waals surface area contributed by atoms with Crippen LogP contribution in [-0.2, 0) is 4.79 Å². The first kappa shape index (κ1) is 13.1. The van der Waals surface area contributed by atoms with Crippen molar-refractivity contribution in [2.75, 3.05) is 0 Å². The van der Waals surface area contributed by atoms with Crippen LogP contribution < -0.4 is 0 Å².